The third-order valence-electron chi connectivity index (χ3n) is 3.33. The summed E-state index contributed by atoms with van der Waals surface area (Å²) in [6.45, 7) is 1.89. The quantitative estimate of drug-likeness (QED) is 0.887. The van der Waals surface area contributed by atoms with Crippen LogP contribution in [0.4, 0.5) is 17.3 Å². The molecule has 1 aromatic carbocycles. The Kier molecular flexibility index (Phi) is 3.44. The zero-order valence-electron chi connectivity index (χ0n) is 11.0. The van der Waals surface area contributed by atoms with Gasteiger partial charge in [0.1, 0.15) is 17.5 Å². The maximum atomic E-state index is 6.01. The van der Waals surface area contributed by atoms with Crippen LogP contribution in [0.25, 0.3) is 0 Å². The van der Waals surface area contributed by atoms with Gasteiger partial charge in [0.05, 0.1) is 10.0 Å². The first-order chi connectivity index (χ1) is 9.54. The molecule has 20 heavy (non-hydrogen) atoms. The van der Waals surface area contributed by atoms with E-state index in [1.54, 1.807) is 12.1 Å². The molecule has 0 amide bonds. The van der Waals surface area contributed by atoms with Crippen molar-refractivity contribution in [3.63, 3.8) is 0 Å². The van der Waals surface area contributed by atoms with Gasteiger partial charge in [-0.2, -0.15) is 0 Å². The van der Waals surface area contributed by atoms with Gasteiger partial charge in [-0.3, -0.25) is 0 Å². The number of nitrogens with zero attached hydrogens (tertiary/aromatic N) is 2. The van der Waals surface area contributed by atoms with E-state index in [0.717, 1.165) is 35.7 Å². The van der Waals surface area contributed by atoms with Gasteiger partial charge in [-0.1, -0.05) is 23.2 Å². The van der Waals surface area contributed by atoms with E-state index in [-0.39, 0.29) is 0 Å². The highest BCUT2D eigenvalue weighted by molar-refractivity contribution is 6.42. The number of halogens is 2. The predicted molar refractivity (Wildman–Crippen MR) is 82.9 cm³/mol. The Morgan fingerprint density at radius 3 is 2.60 bits per heavy atom. The zero-order valence-corrected chi connectivity index (χ0v) is 12.5. The smallest absolute Gasteiger partial charge is 0.139 e. The van der Waals surface area contributed by atoms with Crippen LogP contribution >= 0.6 is 23.2 Å². The molecule has 1 fully saturated rings. The molecule has 1 aliphatic carbocycles. The van der Waals surface area contributed by atoms with Crippen LogP contribution < -0.4 is 11.1 Å². The van der Waals surface area contributed by atoms with Crippen molar-refractivity contribution < 1.29 is 0 Å². The lowest BCUT2D eigenvalue weighted by atomic mass is 10.2. The van der Waals surface area contributed by atoms with Crippen LogP contribution in [0.15, 0.2) is 18.2 Å². The molecule has 4 nitrogen and oxygen atoms in total. The molecule has 3 rings (SSSR count). The highest BCUT2D eigenvalue weighted by atomic mass is 35.5. The second-order valence-electron chi connectivity index (χ2n) is 4.97. The summed E-state index contributed by atoms with van der Waals surface area (Å²) in [6.07, 6.45) is 2.27. The molecule has 0 radical (unpaired) electrons. The first-order valence-electron chi connectivity index (χ1n) is 6.40. The van der Waals surface area contributed by atoms with Gasteiger partial charge in [-0.25, -0.2) is 9.97 Å². The van der Waals surface area contributed by atoms with Crippen molar-refractivity contribution in [2.75, 3.05) is 11.1 Å². The van der Waals surface area contributed by atoms with E-state index in [0.29, 0.717) is 21.8 Å². The molecular formula is C14H14Cl2N4. The number of nitrogen functional groups attached to an aromatic ring is 1. The second-order valence-corrected chi connectivity index (χ2v) is 5.78. The topological polar surface area (TPSA) is 63.8 Å². The Labute approximate surface area is 127 Å². The summed E-state index contributed by atoms with van der Waals surface area (Å²) in [5.74, 6) is 2.50. The van der Waals surface area contributed by atoms with Crippen molar-refractivity contribution >= 4 is 40.5 Å². The molecule has 1 aromatic heterocycles. The summed E-state index contributed by atoms with van der Waals surface area (Å²) in [5, 5.41) is 4.25. The lowest BCUT2D eigenvalue weighted by Crippen LogP contribution is -2.06. The number of hydrogen-bond donors (Lipinski definition) is 2. The Balaban J connectivity index is 1.94. The highest BCUT2D eigenvalue weighted by Gasteiger charge is 2.27. The molecule has 1 saturated carbocycles. The summed E-state index contributed by atoms with van der Waals surface area (Å²) in [4.78, 5) is 8.91. The molecule has 0 spiro atoms. The van der Waals surface area contributed by atoms with Crippen LogP contribution in [0.2, 0.25) is 10.0 Å². The molecule has 2 aromatic rings. The molecule has 1 aliphatic rings. The molecule has 0 saturated heterocycles. The van der Waals surface area contributed by atoms with Gasteiger partial charge in [0.25, 0.3) is 0 Å². The maximum absolute atomic E-state index is 6.01. The molecule has 1 heterocycles. The molecule has 0 atom stereocenters. The predicted octanol–water partition coefficient (Wildman–Crippen LogP) is 4.30. The average molecular weight is 309 g/mol. The Morgan fingerprint density at radius 2 is 1.95 bits per heavy atom. The van der Waals surface area contributed by atoms with Crippen molar-refractivity contribution in [2.24, 2.45) is 0 Å². The van der Waals surface area contributed by atoms with Gasteiger partial charge in [0.15, 0.2) is 0 Å². The minimum absolute atomic E-state index is 0.451. The number of aromatic nitrogens is 2. The van der Waals surface area contributed by atoms with Crippen LogP contribution in [0.1, 0.15) is 30.1 Å². The van der Waals surface area contributed by atoms with E-state index in [1.807, 2.05) is 13.0 Å². The van der Waals surface area contributed by atoms with Crippen molar-refractivity contribution in [3.8, 4) is 0 Å². The summed E-state index contributed by atoms with van der Waals surface area (Å²) >= 11 is 11.9. The van der Waals surface area contributed by atoms with Crippen LogP contribution in [-0.2, 0) is 0 Å². The van der Waals surface area contributed by atoms with Gasteiger partial charge in [-0.15, -0.1) is 0 Å². The summed E-state index contributed by atoms with van der Waals surface area (Å²) < 4.78 is 0. The molecule has 0 aliphatic heterocycles. The van der Waals surface area contributed by atoms with Crippen LogP contribution in [0.5, 0.6) is 0 Å². The molecule has 104 valence electrons. The van der Waals surface area contributed by atoms with E-state index >= 15 is 0 Å². The third kappa shape index (κ3) is 2.67. The van der Waals surface area contributed by atoms with Gasteiger partial charge < -0.3 is 11.1 Å². The van der Waals surface area contributed by atoms with Gasteiger partial charge >= 0.3 is 0 Å². The van der Waals surface area contributed by atoms with Gasteiger partial charge in [0.2, 0.25) is 0 Å². The lowest BCUT2D eigenvalue weighted by Gasteiger charge is -2.12. The average Bonchev–Trinajstić information content (AvgIpc) is 3.23. The van der Waals surface area contributed by atoms with Crippen molar-refractivity contribution in [2.45, 2.75) is 25.7 Å². The standard InChI is InChI=1S/C14H14Cl2N4/c1-7-12(17)19-14(8-2-3-8)20-13(7)18-9-4-5-10(15)11(16)6-9/h4-6,8H,2-3H2,1H3,(H3,17,18,19,20). The number of nitrogens with one attached hydrogen (secondary N) is 1. The zero-order chi connectivity index (χ0) is 14.3. The first-order valence-corrected chi connectivity index (χ1v) is 7.16. The number of benzene rings is 1. The second kappa shape index (κ2) is 5.11. The van der Waals surface area contributed by atoms with E-state index in [4.69, 9.17) is 28.9 Å². The lowest BCUT2D eigenvalue weighted by molar-refractivity contribution is 0.928. The molecule has 0 unspecified atom stereocenters. The fourth-order valence-corrected chi connectivity index (χ4v) is 2.21. The number of anilines is 3. The first kappa shape index (κ1) is 13.5. The largest absolute Gasteiger partial charge is 0.383 e. The molecular weight excluding hydrogens is 295 g/mol. The summed E-state index contributed by atoms with van der Waals surface area (Å²) in [6, 6.07) is 5.36. The monoisotopic (exact) mass is 308 g/mol. The SMILES string of the molecule is Cc1c(N)nc(C2CC2)nc1Nc1ccc(Cl)c(Cl)c1. The van der Waals surface area contributed by atoms with Gasteiger partial charge in [-0.05, 0) is 38.0 Å². The third-order valence-corrected chi connectivity index (χ3v) is 4.06. The fraction of sp³-hybridized carbons (Fsp3) is 0.286. The minimum Gasteiger partial charge on any atom is -0.383 e. The highest BCUT2D eigenvalue weighted by Crippen LogP contribution is 2.39. The molecule has 3 N–H and O–H groups in total. The van der Waals surface area contributed by atoms with Crippen LogP contribution in [-0.4, -0.2) is 9.97 Å². The Morgan fingerprint density at radius 1 is 1.20 bits per heavy atom. The van der Waals surface area contributed by atoms with Gasteiger partial charge in [0, 0.05) is 17.2 Å². The number of rotatable bonds is 3. The van der Waals surface area contributed by atoms with Crippen molar-refractivity contribution in [1.29, 1.82) is 0 Å². The van der Waals surface area contributed by atoms with Crippen LogP contribution in [0, 0.1) is 6.92 Å². The number of hydrogen-bond acceptors (Lipinski definition) is 4. The van der Waals surface area contributed by atoms with Crippen LogP contribution in [0.3, 0.4) is 0 Å². The normalized spacial score (nSPS) is 14.3. The molecule has 6 heteroatoms. The van der Waals surface area contributed by atoms with E-state index < -0.39 is 0 Å². The number of nitrogens with two attached hydrogens (primary N) is 1. The van der Waals surface area contributed by atoms with Crippen molar-refractivity contribution in [3.05, 3.63) is 39.6 Å². The van der Waals surface area contributed by atoms with E-state index in [2.05, 4.69) is 15.3 Å². The van der Waals surface area contributed by atoms with Crippen molar-refractivity contribution in [1.82, 2.24) is 9.97 Å². The molecule has 0 bridgehead atoms. The van der Waals surface area contributed by atoms with E-state index in [9.17, 15) is 0 Å². The fourth-order valence-electron chi connectivity index (χ4n) is 1.91. The Bertz CT molecular complexity index is 668. The Hall–Kier alpha value is -1.52. The minimum atomic E-state index is 0.451. The van der Waals surface area contributed by atoms with E-state index in [1.165, 1.54) is 0 Å². The summed E-state index contributed by atoms with van der Waals surface area (Å²) in [5.41, 5.74) is 7.61. The summed E-state index contributed by atoms with van der Waals surface area (Å²) in [7, 11) is 0. The maximum Gasteiger partial charge on any atom is 0.139 e.